The van der Waals surface area contributed by atoms with Crippen molar-refractivity contribution in [3.63, 3.8) is 0 Å². The first-order valence-corrected chi connectivity index (χ1v) is 4.75. The van der Waals surface area contributed by atoms with Crippen LogP contribution in [-0.4, -0.2) is 35.9 Å². The van der Waals surface area contributed by atoms with E-state index in [1.165, 1.54) is 10.0 Å². The summed E-state index contributed by atoms with van der Waals surface area (Å²) in [6.07, 6.45) is 0. The molecule has 1 aromatic carbocycles. The Morgan fingerprint density at radius 3 is 1.62 bits per heavy atom. The normalized spacial score (nSPS) is 17.1. The molecular weight excluding hydrogens is 208 g/mol. The fourth-order valence-corrected chi connectivity index (χ4v) is 1.85. The fraction of sp³-hybridized carbons (Fsp3) is 0.200. The van der Waals surface area contributed by atoms with Crippen LogP contribution in [0.3, 0.4) is 0 Å². The number of carbonyl (C=O) groups is 2. The van der Waals surface area contributed by atoms with E-state index in [0.717, 1.165) is 0 Å². The summed E-state index contributed by atoms with van der Waals surface area (Å²) in [5, 5.41) is 11.7. The molecule has 0 unspecified atom stereocenters. The van der Waals surface area contributed by atoms with Crippen molar-refractivity contribution in [1.29, 1.82) is 0 Å². The highest BCUT2D eigenvalue weighted by Crippen LogP contribution is 2.08. The Morgan fingerprint density at radius 2 is 1.25 bits per heavy atom. The molecule has 2 amide bonds. The first kappa shape index (κ1) is 9.02. The average molecular weight is 216 g/mol. The van der Waals surface area contributed by atoms with Crippen LogP contribution in [0.15, 0.2) is 22.3 Å². The smallest absolute Gasteiger partial charge is 0.267 e. The minimum absolute atomic E-state index is 0.171. The molecule has 0 aliphatic carbocycles. The molecule has 0 spiro atoms. The first-order chi connectivity index (χ1) is 7.58. The molecule has 0 N–H and O–H groups in total. The second kappa shape index (κ2) is 2.66. The summed E-state index contributed by atoms with van der Waals surface area (Å²) in [5.41, 5.74) is 0.987. The average Bonchev–Trinajstić information content (AvgIpc) is 2.67. The lowest BCUT2D eigenvalue weighted by atomic mass is 10.1. The van der Waals surface area contributed by atoms with Crippen LogP contribution in [0.4, 0.5) is 0 Å². The van der Waals surface area contributed by atoms with Crippen molar-refractivity contribution >= 4 is 11.8 Å². The predicted molar refractivity (Wildman–Crippen MR) is 52.9 cm³/mol. The highest BCUT2D eigenvalue weighted by Gasteiger charge is 2.26. The van der Waals surface area contributed by atoms with Crippen LogP contribution >= 0.6 is 0 Å². The molecule has 0 atom stereocenters. The Kier molecular flexibility index (Phi) is 1.50. The lowest BCUT2D eigenvalue weighted by Crippen LogP contribution is -2.21. The van der Waals surface area contributed by atoms with E-state index in [0.29, 0.717) is 21.8 Å². The highest BCUT2D eigenvalue weighted by molar-refractivity contribution is 5.99. The summed E-state index contributed by atoms with van der Waals surface area (Å²) in [7, 11) is 3.16. The van der Waals surface area contributed by atoms with Gasteiger partial charge in [0.25, 0.3) is 11.8 Å². The van der Waals surface area contributed by atoms with Gasteiger partial charge in [0.05, 0.1) is 21.8 Å². The van der Waals surface area contributed by atoms with E-state index in [1.807, 2.05) is 0 Å². The maximum absolute atomic E-state index is 11.7. The zero-order chi connectivity index (χ0) is 11.4. The first-order valence-electron chi connectivity index (χ1n) is 4.75. The summed E-state index contributed by atoms with van der Waals surface area (Å²) in [6, 6.07) is 3.22. The number of nitrogens with zero attached hydrogens (tertiary/aromatic N) is 4. The van der Waals surface area contributed by atoms with E-state index < -0.39 is 0 Å². The Bertz CT molecular complexity index is 592. The summed E-state index contributed by atoms with van der Waals surface area (Å²) in [6.45, 7) is 0. The van der Waals surface area contributed by atoms with Crippen LogP contribution in [0.25, 0.3) is 0 Å². The Labute approximate surface area is 90.5 Å². The van der Waals surface area contributed by atoms with E-state index in [2.05, 4.69) is 10.2 Å². The largest absolute Gasteiger partial charge is 0.276 e. The molecule has 2 aliphatic rings. The third kappa shape index (κ3) is 0.955. The SMILES string of the molecule is CN1N=c2cc3c(cc2C1=O)=NN(C)C3=O. The molecule has 0 bridgehead atoms. The molecule has 2 heterocycles. The van der Waals surface area contributed by atoms with Crippen LogP contribution in [0, 0.1) is 0 Å². The van der Waals surface area contributed by atoms with Crippen LogP contribution in [0.5, 0.6) is 0 Å². The third-order valence-electron chi connectivity index (χ3n) is 2.68. The molecule has 2 aliphatic heterocycles. The number of amides is 2. The Hall–Kier alpha value is -2.24. The van der Waals surface area contributed by atoms with Crippen molar-refractivity contribution in [3.8, 4) is 0 Å². The monoisotopic (exact) mass is 216 g/mol. The van der Waals surface area contributed by atoms with Gasteiger partial charge in [-0.2, -0.15) is 10.2 Å². The van der Waals surface area contributed by atoms with E-state index in [9.17, 15) is 9.59 Å². The minimum Gasteiger partial charge on any atom is -0.267 e. The van der Waals surface area contributed by atoms with Crippen LogP contribution < -0.4 is 10.7 Å². The van der Waals surface area contributed by atoms with Gasteiger partial charge in [-0.1, -0.05) is 0 Å². The van der Waals surface area contributed by atoms with Crippen molar-refractivity contribution in [2.45, 2.75) is 0 Å². The van der Waals surface area contributed by atoms with Gasteiger partial charge in [-0.3, -0.25) is 9.59 Å². The van der Waals surface area contributed by atoms with Gasteiger partial charge in [-0.05, 0) is 12.1 Å². The molecule has 6 heteroatoms. The van der Waals surface area contributed by atoms with E-state index in [1.54, 1.807) is 26.2 Å². The lowest BCUT2D eigenvalue weighted by Gasteiger charge is -2.00. The minimum atomic E-state index is -0.171. The molecule has 0 saturated carbocycles. The van der Waals surface area contributed by atoms with Crippen molar-refractivity contribution in [2.75, 3.05) is 14.1 Å². The fourth-order valence-electron chi connectivity index (χ4n) is 1.85. The van der Waals surface area contributed by atoms with Gasteiger partial charge in [0.15, 0.2) is 0 Å². The number of hydrogen-bond donors (Lipinski definition) is 0. The third-order valence-corrected chi connectivity index (χ3v) is 2.68. The van der Waals surface area contributed by atoms with Crippen LogP contribution in [0.2, 0.25) is 0 Å². The zero-order valence-electron chi connectivity index (χ0n) is 8.76. The number of carbonyl (C=O) groups excluding carboxylic acids is 2. The highest BCUT2D eigenvalue weighted by atomic mass is 16.2. The maximum atomic E-state index is 11.7. The maximum Gasteiger partial charge on any atom is 0.276 e. The van der Waals surface area contributed by atoms with Crippen LogP contribution in [-0.2, 0) is 0 Å². The van der Waals surface area contributed by atoms with E-state index >= 15 is 0 Å². The molecule has 0 aromatic heterocycles. The van der Waals surface area contributed by atoms with E-state index in [4.69, 9.17) is 0 Å². The van der Waals surface area contributed by atoms with Gasteiger partial charge in [0, 0.05) is 14.1 Å². The number of rotatable bonds is 0. The molecule has 0 saturated heterocycles. The molecule has 0 radical (unpaired) electrons. The standard InChI is InChI=1S/C10H8N4O2/c1-13-9(15)5-3-8-6(4-7(5)11-13)10(16)14(2)12-8/h3-4H,1-2H3. The zero-order valence-corrected chi connectivity index (χ0v) is 8.76. The van der Waals surface area contributed by atoms with Crippen molar-refractivity contribution in [3.05, 3.63) is 34.0 Å². The summed E-state index contributed by atoms with van der Waals surface area (Å²) in [5.74, 6) is -0.343. The van der Waals surface area contributed by atoms with Gasteiger partial charge in [-0.15, -0.1) is 0 Å². The molecule has 80 valence electrons. The van der Waals surface area contributed by atoms with Crippen molar-refractivity contribution in [1.82, 2.24) is 10.0 Å². The molecule has 16 heavy (non-hydrogen) atoms. The molecule has 1 aromatic rings. The van der Waals surface area contributed by atoms with Crippen molar-refractivity contribution in [2.24, 2.45) is 10.2 Å². The van der Waals surface area contributed by atoms with Gasteiger partial charge < -0.3 is 0 Å². The quantitative estimate of drug-likeness (QED) is 0.554. The molecule has 6 nitrogen and oxygen atoms in total. The topological polar surface area (TPSA) is 65.3 Å². The van der Waals surface area contributed by atoms with Crippen LogP contribution in [0.1, 0.15) is 20.7 Å². The summed E-state index contributed by atoms with van der Waals surface area (Å²) >= 11 is 0. The molecule has 3 rings (SSSR count). The second-order valence-electron chi connectivity index (χ2n) is 3.74. The lowest BCUT2D eigenvalue weighted by molar-refractivity contribution is 0.0810. The summed E-state index contributed by atoms with van der Waals surface area (Å²) in [4.78, 5) is 23.3. The van der Waals surface area contributed by atoms with Gasteiger partial charge >= 0.3 is 0 Å². The molecular formula is C10H8N4O2. The van der Waals surface area contributed by atoms with Crippen molar-refractivity contribution < 1.29 is 9.59 Å². The second-order valence-corrected chi connectivity index (χ2v) is 3.74. The number of benzene rings is 1. The van der Waals surface area contributed by atoms with Gasteiger partial charge in [0.2, 0.25) is 0 Å². The van der Waals surface area contributed by atoms with E-state index in [-0.39, 0.29) is 11.8 Å². The van der Waals surface area contributed by atoms with Gasteiger partial charge in [-0.25, -0.2) is 10.0 Å². The number of hydrogen-bond acceptors (Lipinski definition) is 4. The van der Waals surface area contributed by atoms with Gasteiger partial charge in [0.1, 0.15) is 0 Å². The molecule has 0 fully saturated rings. The number of fused-ring (bicyclic) bond motifs is 2. The predicted octanol–water partition coefficient (Wildman–Crippen LogP) is -1.07. The summed E-state index contributed by atoms with van der Waals surface area (Å²) < 4.78 is 0. The Morgan fingerprint density at radius 1 is 0.875 bits per heavy atom. The Balaban J connectivity index is 2.33.